The molecule has 0 amide bonds. The van der Waals surface area contributed by atoms with Crippen LogP contribution in [-0.4, -0.2) is 33.2 Å². The van der Waals surface area contributed by atoms with Crippen LogP contribution in [0.5, 0.6) is 0 Å². The van der Waals surface area contributed by atoms with E-state index < -0.39 is 0 Å². The van der Waals surface area contributed by atoms with Crippen molar-refractivity contribution >= 4 is 0 Å². The van der Waals surface area contributed by atoms with Gasteiger partial charge in [0.15, 0.2) is 0 Å². The molecule has 0 unspecified atom stereocenters. The third-order valence-electron chi connectivity index (χ3n) is 4.21. The van der Waals surface area contributed by atoms with Gasteiger partial charge in [-0.1, -0.05) is 30.3 Å². The number of aliphatic hydroxyl groups excluding tert-OH is 1. The molecule has 3 N–H and O–H groups in total. The fourth-order valence-corrected chi connectivity index (χ4v) is 2.95. The lowest BCUT2D eigenvalue weighted by molar-refractivity contribution is 0.108. The molecule has 0 spiro atoms. The maximum atomic E-state index is 9.52. The van der Waals surface area contributed by atoms with Crippen molar-refractivity contribution in [2.24, 2.45) is 5.92 Å². The van der Waals surface area contributed by atoms with Crippen molar-refractivity contribution in [3.8, 4) is 11.3 Å². The van der Waals surface area contributed by atoms with E-state index in [9.17, 15) is 5.11 Å². The van der Waals surface area contributed by atoms with E-state index in [0.717, 1.165) is 55.7 Å². The Morgan fingerprint density at radius 1 is 1.10 bits per heavy atom. The molecule has 0 atom stereocenters. The van der Waals surface area contributed by atoms with Crippen LogP contribution in [0.15, 0.2) is 30.3 Å². The molecule has 5 heteroatoms. The first kappa shape index (κ1) is 14.2. The van der Waals surface area contributed by atoms with E-state index in [1.165, 1.54) is 0 Å². The monoisotopic (exact) mass is 286 g/mol. The molecule has 112 valence electrons. The molecule has 1 fully saturated rings. The largest absolute Gasteiger partial charge is 0.393 e. The van der Waals surface area contributed by atoms with Crippen molar-refractivity contribution in [1.82, 2.24) is 20.7 Å². The van der Waals surface area contributed by atoms with Crippen LogP contribution in [-0.2, 0) is 6.54 Å². The number of benzene rings is 1. The van der Waals surface area contributed by atoms with E-state index >= 15 is 0 Å². The second-order valence-corrected chi connectivity index (χ2v) is 5.79. The summed E-state index contributed by atoms with van der Waals surface area (Å²) in [7, 11) is 0. The van der Waals surface area contributed by atoms with Gasteiger partial charge in [0.2, 0.25) is 0 Å². The summed E-state index contributed by atoms with van der Waals surface area (Å²) in [5.74, 6) is 0.667. The van der Waals surface area contributed by atoms with Gasteiger partial charge in [-0.25, -0.2) is 0 Å². The molecular formula is C16H22N4O. The Kier molecular flexibility index (Phi) is 4.62. The summed E-state index contributed by atoms with van der Waals surface area (Å²) >= 11 is 0. The maximum absolute atomic E-state index is 9.52. The van der Waals surface area contributed by atoms with E-state index in [2.05, 4.69) is 20.7 Å². The molecule has 2 aromatic rings. The highest BCUT2D eigenvalue weighted by Crippen LogP contribution is 2.24. The van der Waals surface area contributed by atoms with E-state index in [-0.39, 0.29) is 6.10 Å². The Morgan fingerprint density at radius 3 is 2.62 bits per heavy atom. The smallest absolute Gasteiger partial charge is 0.117 e. The lowest BCUT2D eigenvalue weighted by atomic mass is 9.87. The van der Waals surface area contributed by atoms with Gasteiger partial charge in [0.1, 0.15) is 11.4 Å². The molecule has 1 saturated carbocycles. The molecule has 1 aromatic heterocycles. The number of nitrogens with zero attached hydrogens (tertiary/aromatic N) is 2. The normalized spacial score (nSPS) is 22.3. The van der Waals surface area contributed by atoms with Gasteiger partial charge in [0.05, 0.1) is 6.10 Å². The van der Waals surface area contributed by atoms with Gasteiger partial charge in [-0.3, -0.25) is 0 Å². The zero-order valence-electron chi connectivity index (χ0n) is 12.1. The number of nitrogens with one attached hydrogen (secondary N) is 2. The second kappa shape index (κ2) is 6.83. The average molecular weight is 286 g/mol. The number of aromatic amines is 1. The quantitative estimate of drug-likeness (QED) is 0.787. The van der Waals surface area contributed by atoms with Crippen LogP contribution < -0.4 is 5.32 Å². The fourth-order valence-electron chi connectivity index (χ4n) is 2.95. The molecule has 0 radical (unpaired) electrons. The lowest BCUT2D eigenvalue weighted by Crippen LogP contribution is -2.27. The molecule has 1 aromatic carbocycles. The SMILES string of the molecule is OC1CCC(CNCc2n[nH]nc2-c2ccccc2)CC1. The van der Waals surface area contributed by atoms with Gasteiger partial charge in [0, 0.05) is 12.1 Å². The van der Waals surface area contributed by atoms with Crippen molar-refractivity contribution in [3.05, 3.63) is 36.0 Å². The minimum Gasteiger partial charge on any atom is -0.393 e. The minimum absolute atomic E-state index is 0.0820. The number of H-pyrrole nitrogens is 1. The summed E-state index contributed by atoms with van der Waals surface area (Å²) in [6, 6.07) is 10.1. The van der Waals surface area contributed by atoms with Crippen molar-refractivity contribution in [1.29, 1.82) is 0 Å². The Morgan fingerprint density at radius 2 is 1.86 bits per heavy atom. The molecule has 0 bridgehead atoms. The Labute approximate surface area is 124 Å². The second-order valence-electron chi connectivity index (χ2n) is 5.79. The predicted molar refractivity (Wildman–Crippen MR) is 81.5 cm³/mol. The highest BCUT2D eigenvalue weighted by atomic mass is 16.3. The summed E-state index contributed by atoms with van der Waals surface area (Å²) in [5, 5.41) is 24.2. The summed E-state index contributed by atoms with van der Waals surface area (Å²) in [6.07, 6.45) is 4.01. The first-order valence-corrected chi connectivity index (χ1v) is 7.67. The topological polar surface area (TPSA) is 73.8 Å². The molecule has 1 aliphatic carbocycles. The highest BCUT2D eigenvalue weighted by Gasteiger charge is 2.19. The number of aliphatic hydroxyl groups is 1. The van der Waals surface area contributed by atoms with Crippen LogP contribution in [0, 0.1) is 5.92 Å². The third kappa shape index (κ3) is 3.68. The fraction of sp³-hybridized carbons (Fsp3) is 0.500. The van der Waals surface area contributed by atoms with Crippen LogP contribution in [0.4, 0.5) is 0 Å². The van der Waals surface area contributed by atoms with Gasteiger partial charge in [-0.2, -0.15) is 15.4 Å². The molecule has 1 heterocycles. The van der Waals surface area contributed by atoms with Crippen LogP contribution >= 0.6 is 0 Å². The van der Waals surface area contributed by atoms with Crippen molar-refractivity contribution in [2.75, 3.05) is 6.54 Å². The number of hydrogen-bond donors (Lipinski definition) is 3. The van der Waals surface area contributed by atoms with Crippen LogP contribution in [0.2, 0.25) is 0 Å². The molecule has 0 aliphatic heterocycles. The van der Waals surface area contributed by atoms with E-state index in [1.54, 1.807) is 0 Å². The Bertz CT molecular complexity index is 546. The molecular weight excluding hydrogens is 264 g/mol. The maximum Gasteiger partial charge on any atom is 0.117 e. The van der Waals surface area contributed by atoms with Gasteiger partial charge in [0.25, 0.3) is 0 Å². The van der Waals surface area contributed by atoms with Crippen molar-refractivity contribution < 1.29 is 5.11 Å². The number of rotatable bonds is 5. The number of hydrogen-bond acceptors (Lipinski definition) is 4. The number of aromatic nitrogens is 3. The van der Waals surface area contributed by atoms with Crippen LogP contribution in [0.25, 0.3) is 11.3 Å². The van der Waals surface area contributed by atoms with Crippen LogP contribution in [0.3, 0.4) is 0 Å². The minimum atomic E-state index is -0.0820. The summed E-state index contributed by atoms with van der Waals surface area (Å²) in [6.45, 7) is 1.70. The van der Waals surface area contributed by atoms with Crippen molar-refractivity contribution in [2.45, 2.75) is 38.3 Å². The highest BCUT2D eigenvalue weighted by molar-refractivity contribution is 5.60. The molecule has 0 saturated heterocycles. The van der Waals surface area contributed by atoms with E-state index in [4.69, 9.17) is 0 Å². The standard InChI is InChI=1S/C16H22N4O/c21-14-8-6-12(7-9-14)10-17-11-15-16(19-20-18-15)13-4-2-1-3-5-13/h1-5,12,14,17,21H,6-11H2,(H,18,19,20). The Balaban J connectivity index is 1.53. The molecule has 5 nitrogen and oxygen atoms in total. The first-order chi connectivity index (χ1) is 10.3. The predicted octanol–water partition coefficient (Wildman–Crippen LogP) is 2.11. The average Bonchev–Trinajstić information content (AvgIpc) is 2.99. The molecule has 21 heavy (non-hydrogen) atoms. The zero-order valence-corrected chi connectivity index (χ0v) is 12.1. The van der Waals surface area contributed by atoms with Gasteiger partial charge in [-0.05, 0) is 38.1 Å². The summed E-state index contributed by atoms with van der Waals surface area (Å²) in [5.41, 5.74) is 2.96. The molecule has 3 rings (SSSR count). The summed E-state index contributed by atoms with van der Waals surface area (Å²) in [4.78, 5) is 0. The first-order valence-electron chi connectivity index (χ1n) is 7.67. The zero-order chi connectivity index (χ0) is 14.5. The molecule has 1 aliphatic rings. The van der Waals surface area contributed by atoms with Crippen molar-refractivity contribution in [3.63, 3.8) is 0 Å². The van der Waals surface area contributed by atoms with Gasteiger partial charge < -0.3 is 10.4 Å². The van der Waals surface area contributed by atoms with Gasteiger partial charge >= 0.3 is 0 Å². The van der Waals surface area contributed by atoms with E-state index in [1.807, 2.05) is 30.3 Å². The van der Waals surface area contributed by atoms with E-state index in [0.29, 0.717) is 5.92 Å². The third-order valence-corrected chi connectivity index (χ3v) is 4.21. The van der Waals surface area contributed by atoms with Gasteiger partial charge in [-0.15, -0.1) is 0 Å². The lowest BCUT2D eigenvalue weighted by Gasteiger charge is -2.25. The van der Waals surface area contributed by atoms with Crippen LogP contribution in [0.1, 0.15) is 31.4 Å². The summed E-state index contributed by atoms with van der Waals surface area (Å²) < 4.78 is 0. The Hall–Kier alpha value is -1.72.